The number of carbonyl (C=O) groups excluding carboxylic acids is 1. The van der Waals surface area contributed by atoms with Gasteiger partial charge in [-0.15, -0.1) is 0 Å². The number of amides is 1. The Kier molecular flexibility index (Phi) is 5.88. The van der Waals surface area contributed by atoms with Crippen LogP contribution in [0.1, 0.15) is 43.2 Å². The fourth-order valence-corrected chi connectivity index (χ4v) is 4.08. The normalized spacial score (nSPS) is 19.1. The van der Waals surface area contributed by atoms with Gasteiger partial charge in [0.05, 0.1) is 12.3 Å². The maximum absolute atomic E-state index is 13.5. The summed E-state index contributed by atoms with van der Waals surface area (Å²) in [6.45, 7) is 0.805. The average molecular weight is 398 g/mol. The Morgan fingerprint density at radius 3 is 2.55 bits per heavy atom. The molecule has 1 atom stereocenters. The highest BCUT2D eigenvalue weighted by atomic mass is 19.1. The molecule has 1 amide bonds. The molecule has 0 bridgehead atoms. The van der Waals surface area contributed by atoms with Gasteiger partial charge >= 0.3 is 0 Å². The second-order valence-corrected chi connectivity index (χ2v) is 7.81. The highest BCUT2D eigenvalue weighted by Crippen LogP contribution is 2.28. The molecule has 2 aliphatic rings. The molecule has 1 heterocycles. The molecule has 4 rings (SSSR count). The zero-order chi connectivity index (χ0) is 20.2. The van der Waals surface area contributed by atoms with Crippen LogP contribution in [0, 0.1) is 17.6 Å². The molecule has 6 heteroatoms. The molecule has 29 heavy (non-hydrogen) atoms. The average Bonchev–Trinajstić information content (AvgIpc) is 3.41. The van der Waals surface area contributed by atoms with Crippen LogP contribution in [0.5, 0.6) is 0 Å². The number of halogens is 2. The Morgan fingerprint density at radius 1 is 1.07 bits per heavy atom. The first-order valence-corrected chi connectivity index (χ1v) is 10.1. The van der Waals surface area contributed by atoms with E-state index in [2.05, 4.69) is 5.16 Å². The number of carbonyl (C=O) groups is 1. The number of oxime groups is 1. The van der Waals surface area contributed by atoms with Gasteiger partial charge in [0.1, 0.15) is 11.6 Å². The Hall–Kier alpha value is -2.76. The van der Waals surface area contributed by atoms with Gasteiger partial charge in [-0.25, -0.2) is 8.78 Å². The van der Waals surface area contributed by atoms with E-state index in [1.807, 2.05) is 0 Å². The summed E-state index contributed by atoms with van der Waals surface area (Å²) >= 11 is 0. The third kappa shape index (κ3) is 4.81. The number of hydrogen-bond acceptors (Lipinski definition) is 3. The number of rotatable bonds is 6. The lowest BCUT2D eigenvalue weighted by molar-refractivity contribution is -0.137. The summed E-state index contributed by atoms with van der Waals surface area (Å²) in [5.74, 6) is -0.451. The largest absolute Gasteiger partial charge is 0.390 e. The van der Waals surface area contributed by atoms with E-state index >= 15 is 0 Å². The van der Waals surface area contributed by atoms with Crippen LogP contribution in [0.15, 0.2) is 53.7 Å². The van der Waals surface area contributed by atoms with Crippen molar-refractivity contribution in [2.24, 2.45) is 11.1 Å². The molecule has 1 fully saturated rings. The fourth-order valence-electron chi connectivity index (χ4n) is 4.08. The first kappa shape index (κ1) is 19.6. The van der Waals surface area contributed by atoms with Gasteiger partial charge in [-0.1, -0.05) is 42.3 Å². The van der Waals surface area contributed by atoms with Crippen LogP contribution in [0.2, 0.25) is 0 Å². The van der Waals surface area contributed by atoms with E-state index in [9.17, 15) is 13.6 Å². The minimum absolute atomic E-state index is 0.0421. The summed E-state index contributed by atoms with van der Waals surface area (Å²) in [6.07, 6.45) is 4.21. The molecule has 1 saturated carbocycles. The molecule has 2 aromatic rings. The van der Waals surface area contributed by atoms with Crippen LogP contribution in [0.25, 0.3) is 0 Å². The van der Waals surface area contributed by atoms with Crippen molar-refractivity contribution in [3.8, 4) is 0 Å². The van der Waals surface area contributed by atoms with E-state index in [4.69, 9.17) is 4.84 Å². The van der Waals surface area contributed by atoms with E-state index in [1.54, 1.807) is 29.2 Å². The van der Waals surface area contributed by atoms with Gasteiger partial charge in [0, 0.05) is 24.4 Å². The summed E-state index contributed by atoms with van der Waals surface area (Å²) in [4.78, 5) is 20.5. The zero-order valence-corrected chi connectivity index (χ0v) is 16.2. The molecule has 0 N–H and O–H groups in total. The van der Waals surface area contributed by atoms with Crippen molar-refractivity contribution >= 4 is 11.6 Å². The first-order valence-electron chi connectivity index (χ1n) is 10.1. The predicted octanol–water partition coefficient (Wildman–Crippen LogP) is 4.68. The van der Waals surface area contributed by atoms with E-state index in [-0.39, 0.29) is 29.6 Å². The maximum Gasteiger partial charge on any atom is 0.226 e. The molecule has 1 unspecified atom stereocenters. The van der Waals surface area contributed by atoms with Gasteiger partial charge in [0.25, 0.3) is 0 Å². The Labute approximate surface area is 169 Å². The van der Waals surface area contributed by atoms with Gasteiger partial charge < -0.3 is 9.74 Å². The zero-order valence-electron chi connectivity index (χ0n) is 16.2. The van der Waals surface area contributed by atoms with Crippen molar-refractivity contribution in [1.29, 1.82) is 0 Å². The van der Waals surface area contributed by atoms with Gasteiger partial charge in [0.15, 0.2) is 6.10 Å². The second kappa shape index (κ2) is 8.72. The Balaban J connectivity index is 1.45. The van der Waals surface area contributed by atoms with Crippen LogP contribution in [-0.2, 0) is 16.2 Å². The van der Waals surface area contributed by atoms with Gasteiger partial charge in [0.2, 0.25) is 5.91 Å². The molecule has 2 aromatic carbocycles. The fraction of sp³-hybridized carbons (Fsp3) is 0.391. The molecule has 152 valence electrons. The van der Waals surface area contributed by atoms with Crippen molar-refractivity contribution in [2.75, 3.05) is 6.54 Å². The van der Waals surface area contributed by atoms with Crippen LogP contribution < -0.4 is 0 Å². The van der Waals surface area contributed by atoms with Crippen molar-refractivity contribution in [1.82, 2.24) is 4.90 Å². The van der Waals surface area contributed by atoms with E-state index in [1.165, 1.54) is 24.3 Å². The summed E-state index contributed by atoms with van der Waals surface area (Å²) in [7, 11) is 0. The highest BCUT2D eigenvalue weighted by Gasteiger charge is 2.31. The van der Waals surface area contributed by atoms with Crippen molar-refractivity contribution in [3.05, 3.63) is 71.3 Å². The standard InChI is InChI=1S/C23H24F2N2O2/c24-19-10-8-16(9-11-19)14-27(23(28)17-4-1-2-5-17)15-21-13-22(26-29-21)18-6-3-7-20(25)12-18/h3,6-12,17,21H,1-2,4-5,13-15H2. The van der Waals surface area contributed by atoms with Crippen LogP contribution >= 0.6 is 0 Å². The van der Waals surface area contributed by atoms with E-state index in [0.29, 0.717) is 30.8 Å². The smallest absolute Gasteiger partial charge is 0.226 e. The molecular formula is C23H24F2N2O2. The predicted molar refractivity (Wildman–Crippen MR) is 106 cm³/mol. The SMILES string of the molecule is O=C(C1CCCC1)N(Cc1ccc(F)cc1)CC1CC(c2cccc(F)c2)=NO1. The lowest BCUT2D eigenvalue weighted by Gasteiger charge is -2.27. The van der Waals surface area contributed by atoms with Crippen molar-refractivity contribution in [2.45, 2.75) is 44.8 Å². The van der Waals surface area contributed by atoms with Crippen molar-refractivity contribution < 1.29 is 18.4 Å². The minimum Gasteiger partial charge on any atom is -0.390 e. The quantitative estimate of drug-likeness (QED) is 0.709. The maximum atomic E-state index is 13.5. The van der Waals surface area contributed by atoms with Crippen LogP contribution in [0.4, 0.5) is 8.78 Å². The molecule has 1 aliphatic heterocycles. The minimum atomic E-state index is -0.317. The lowest BCUT2D eigenvalue weighted by atomic mass is 10.0. The number of hydrogen-bond donors (Lipinski definition) is 0. The molecule has 0 aromatic heterocycles. The molecule has 0 radical (unpaired) electrons. The molecular weight excluding hydrogens is 374 g/mol. The van der Waals surface area contributed by atoms with Crippen LogP contribution in [0.3, 0.4) is 0 Å². The summed E-state index contributed by atoms with van der Waals surface area (Å²) in [6, 6.07) is 12.5. The highest BCUT2D eigenvalue weighted by molar-refractivity contribution is 6.01. The Morgan fingerprint density at radius 2 is 1.83 bits per heavy atom. The molecule has 0 spiro atoms. The number of benzene rings is 2. The van der Waals surface area contributed by atoms with E-state index in [0.717, 1.165) is 31.2 Å². The lowest BCUT2D eigenvalue weighted by Crippen LogP contribution is -2.40. The topological polar surface area (TPSA) is 41.9 Å². The van der Waals surface area contributed by atoms with Gasteiger partial charge in [-0.05, 0) is 42.7 Å². The third-order valence-electron chi connectivity index (χ3n) is 5.62. The molecule has 4 nitrogen and oxygen atoms in total. The van der Waals surface area contributed by atoms with Crippen molar-refractivity contribution in [3.63, 3.8) is 0 Å². The molecule has 0 saturated heterocycles. The second-order valence-electron chi connectivity index (χ2n) is 7.81. The van der Waals surface area contributed by atoms with Gasteiger partial charge in [-0.2, -0.15) is 0 Å². The van der Waals surface area contributed by atoms with E-state index < -0.39 is 0 Å². The molecule has 1 aliphatic carbocycles. The summed E-state index contributed by atoms with van der Waals surface area (Å²) < 4.78 is 26.7. The first-order chi connectivity index (χ1) is 14.1. The Bertz CT molecular complexity index is 892. The van der Waals surface area contributed by atoms with Crippen LogP contribution in [-0.4, -0.2) is 29.2 Å². The number of nitrogens with zero attached hydrogens (tertiary/aromatic N) is 2. The monoisotopic (exact) mass is 398 g/mol. The summed E-state index contributed by atoms with van der Waals surface area (Å²) in [5.41, 5.74) is 2.26. The summed E-state index contributed by atoms with van der Waals surface area (Å²) in [5, 5.41) is 4.12. The van der Waals surface area contributed by atoms with Gasteiger partial charge in [-0.3, -0.25) is 4.79 Å². The third-order valence-corrected chi connectivity index (χ3v) is 5.62.